The van der Waals surface area contributed by atoms with Crippen LogP contribution in [0.4, 0.5) is 0 Å². The van der Waals surface area contributed by atoms with Gasteiger partial charge in [0.1, 0.15) is 11.5 Å². The molecule has 7 heteroatoms. The summed E-state index contributed by atoms with van der Waals surface area (Å²) in [6, 6.07) is 5.91. The van der Waals surface area contributed by atoms with Gasteiger partial charge in [-0.1, -0.05) is 12.5 Å². The molecule has 1 aliphatic carbocycles. The van der Waals surface area contributed by atoms with Crippen LogP contribution in [0.25, 0.3) is 0 Å². The van der Waals surface area contributed by atoms with E-state index in [2.05, 4.69) is 28.8 Å². The Balaban J connectivity index is 0.00000338. The van der Waals surface area contributed by atoms with Crippen LogP contribution in [0.2, 0.25) is 0 Å². The maximum Gasteiger partial charge on any atom is 0.191 e. The summed E-state index contributed by atoms with van der Waals surface area (Å²) in [7, 11) is 1.60. The van der Waals surface area contributed by atoms with Crippen molar-refractivity contribution in [3.8, 4) is 11.5 Å². The zero-order valence-electron chi connectivity index (χ0n) is 16.0. The Bertz CT molecular complexity index is 572. The van der Waals surface area contributed by atoms with Crippen molar-refractivity contribution in [2.24, 2.45) is 4.99 Å². The van der Waals surface area contributed by atoms with Crippen LogP contribution in [0, 0.1) is 0 Å². The van der Waals surface area contributed by atoms with E-state index < -0.39 is 0 Å². The summed E-state index contributed by atoms with van der Waals surface area (Å²) in [6.45, 7) is 3.56. The van der Waals surface area contributed by atoms with Crippen molar-refractivity contribution < 1.29 is 9.84 Å². The number of nitrogens with one attached hydrogen (secondary N) is 2. The predicted molar refractivity (Wildman–Crippen MR) is 122 cm³/mol. The van der Waals surface area contributed by atoms with Gasteiger partial charge in [0.25, 0.3) is 0 Å². The van der Waals surface area contributed by atoms with Gasteiger partial charge in [0.15, 0.2) is 5.96 Å². The van der Waals surface area contributed by atoms with Crippen molar-refractivity contribution in [2.45, 2.75) is 50.3 Å². The Labute approximate surface area is 178 Å². The maximum atomic E-state index is 10.0. The highest BCUT2D eigenvalue weighted by Gasteiger charge is 2.21. The van der Waals surface area contributed by atoms with Gasteiger partial charge in [0, 0.05) is 30.4 Å². The Morgan fingerprint density at radius 1 is 1.38 bits per heavy atom. The first kappa shape index (κ1) is 23.2. The molecule has 2 rings (SSSR count). The minimum Gasteiger partial charge on any atom is -0.508 e. The van der Waals surface area contributed by atoms with E-state index >= 15 is 0 Å². The summed E-state index contributed by atoms with van der Waals surface area (Å²) >= 11 is 1.97. The van der Waals surface area contributed by atoms with Crippen molar-refractivity contribution >= 4 is 41.7 Å². The average Bonchev–Trinajstić information content (AvgIpc) is 2.63. The molecule has 0 saturated heterocycles. The van der Waals surface area contributed by atoms with Crippen molar-refractivity contribution in [1.82, 2.24) is 10.6 Å². The average molecular weight is 493 g/mol. The zero-order chi connectivity index (χ0) is 18.1. The third kappa shape index (κ3) is 7.42. The number of aromatic hydroxyl groups is 1. The van der Waals surface area contributed by atoms with Crippen LogP contribution in [-0.2, 0) is 6.42 Å². The SMILES string of the molecule is CCNC(=NCCc1ccc(OC)cc1O)NC1CCCC(SC)C1.I. The number of ether oxygens (including phenoxy) is 1. The number of nitrogens with zero attached hydrogens (tertiary/aromatic N) is 1. The third-order valence-electron chi connectivity index (χ3n) is 4.59. The molecule has 0 radical (unpaired) electrons. The summed E-state index contributed by atoms with van der Waals surface area (Å²) in [5.41, 5.74) is 0.889. The molecule has 0 heterocycles. The van der Waals surface area contributed by atoms with Crippen LogP contribution in [0.1, 0.15) is 38.2 Å². The van der Waals surface area contributed by atoms with E-state index in [0.29, 0.717) is 24.8 Å². The largest absolute Gasteiger partial charge is 0.508 e. The van der Waals surface area contributed by atoms with Gasteiger partial charge in [-0.2, -0.15) is 11.8 Å². The summed E-state index contributed by atoms with van der Waals surface area (Å²) in [6.07, 6.45) is 7.91. The maximum absolute atomic E-state index is 10.0. The van der Waals surface area contributed by atoms with Gasteiger partial charge in [0.2, 0.25) is 0 Å². The van der Waals surface area contributed by atoms with E-state index in [1.807, 2.05) is 23.9 Å². The molecule has 148 valence electrons. The van der Waals surface area contributed by atoms with E-state index in [0.717, 1.165) is 23.3 Å². The highest BCUT2D eigenvalue weighted by atomic mass is 127. The second-order valence-corrected chi connectivity index (χ2v) is 7.51. The lowest BCUT2D eigenvalue weighted by atomic mass is 9.95. The molecular formula is C19H32IN3O2S. The van der Waals surface area contributed by atoms with E-state index in [4.69, 9.17) is 4.74 Å². The van der Waals surface area contributed by atoms with Crippen LogP contribution < -0.4 is 15.4 Å². The number of phenolic OH excluding ortho intramolecular Hbond substituents is 1. The summed E-state index contributed by atoms with van der Waals surface area (Å²) < 4.78 is 5.12. The molecule has 1 aromatic carbocycles. The molecule has 5 nitrogen and oxygen atoms in total. The number of phenols is 1. The molecule has 3 N–H and O–H groups in total. The first-order chi connectivity index (χ1) is 12.2. The molecule has 26 heavy (non-hydrogen) atoms. The van der Waals surface area contributed by atoms with Crippen LogP contribution in [0.5, 0.6) is 11.5 Å². The van der Waals surface area contributed by atoms with Gasteiger partial charge in [0.05, 0.1) is 7.11 Å². The number of guanidine groups is 1. The summed E-state index contributed by atoms with van der Waals surface area (Å²) in [5, 5.41) is 17.7. The van der Waals surface area contributed by atoms with Gasteiger partial charge < -0.3 is 20.5 Å². The van der Waals surface area contributed by atoms with Crippen LogP contribution in [0.15, 0.2) is 23.2 Å². The fourth-order valence-corrected chi connectivity index (χ4v) is 4.00. The minimum absolute atomic E-state index is 0. The minimum atomic E-state index is 0. The smallest absolute Gasteiger partial charge is 0.191 e. The highest BCUT2D eigenvalue weighted by molar-refractivity contribution is 14.0. The van der Waals surface area contributed by atoms with Gasteiger partial charge in [-0.15, -0.1) is 24.0 Å². The number of thioether (sulfide) groups is 1. The summed E-state index contributed by atoms with van der Waals surface area (Å²) in [4.78, 5) is 4.68. The lowest BCUT2D eigenvalue weighted by Crippen LogP contribution is -2.45. The monoisotopic (exact) mass is 493 g/mol. The Kier molecular flexibility index (Phi) is 11.2. The number of hydrogen-bond donors (Lipinski definition) is 3. The topological polar surface area (TPSA) is 65.9 Å². The Morgan fingerprint density at radius 2 is 2.19 bits per heavy atom. The molecule has 0 amide bonds. The molecule has 1 aliphatic rings. The number of benzene rings is 1. The van der Waals surface area contributed by atoms with Crippen LogP contribution >= 0.6 is 35.7 Å². The Morgan fingerprint density at radius 3 is 2.85 bits per heavy atom. The molecule has 1 aromatic rings. The molecule has 0 aromatic heterocycles. The normalized spacial score (nSPS) is 20.2. The molecular weight excluding hydrogens is 461 g/mol. The quantitative estimate of drug-likeness (QED) is 0.307. The number of rotatable bonds is 7. The first-order valence-corrected chi connectivity index (χ1v) is 10.4. The highest BCUT2D eigenvalue weighted by Crippen LogP contribution is 2.27. The van der Waals surface area contributed by atoms with E-state index in [9.17, 15) is 5.11 Å². The third-order valence-corrected chi connectivity index (χ3v) is 5.68. The predicted octanol–water partition coefficient (Wildman–Crippen LogP) is 3.79. The molecule has 2 atom stereocenters. The fraction of sp³-hybridized carbons (Fsp3) is 0.632. The molecule has 0 spiro atoms. The van der Waals surface area contributed by atoms with Gasteiger partial charge >= 0.3 is 0 Å². The molecule has 2 unspecified atom stereocenters. The molecule has 1 saturated carbocycles. The number of methoxy groups -OCH3 is 1. The Hall–Kier alpha value is -0.830. The lowest BCUT2D eigenvalue weighted by Gasteiger charge is -2.29. The standard InChI is InChI=1S/C19H31N3O2S.HI/c1-4-20-19(22-15-6-5-7-17(12-15)25-3)21-11-10-14-8-9-16(24-2)13-18(14)23;/h8-9,13,15,17,23H,4-7,10-12H2,1-3H3,(H2,20,21,22);1H. The van der Waals surface area contributed by atoms with Crippen molar-refractivity contribution in [3.63, 3.8) is 0 Å². The molecule has 0 bridgehead atoms. The first-order valence-electron chi connectivity index (χ1n) is 9.09. The van der Waals surface area contributed by atoms with Gasteiger partial charge in [-0.25, -0.2) is 0 Å². The van der Waals surface area contributed by atoms with E-state index in [-0.39, 0.29) is 29.7 Å². The van der Waals surface area contributed by atoms with E-state index in [1.165, 1.54) is 25.7 Å². The summed E-state index contributed by atoms with van der Waals surface area (Å²) in [5.74, 6) is 1.81. The van der Waals surface area contributed by atoms with Crippen LogP contribution in [0.3, 0.4) is 0 Å². The van der Waals surface area contributed by atoms with Gasteiger partial charge in [-0.3, -0.25) is 4.99 Å². The van der Waals surface area contributed by atoms with Crippen molar-refractivity contribution in [3.05, 3.63) is 23.8 Å². The molecule has 1 fully saturated rings. The number of aliphatic imine (C=N–C) groups is 1. The van der Waals surface area contributed by atoms with Crippen molar-refractivity contribution in [1.29, 1.82) is 0 Å². The van der Waals surface area contributed by atoms with Gasteiger partial charge in [-0.05, 0) is 50.5 Å². The number of halogens is 1. The lowest BCUT2D eigenvalue weighted by molar-refractivity contribution is 0.406. The van der Waals surface area contributed by atoms with Crippen molar-refractivity contribution in [2.75, 3.05) is 26.5 Å². The van der Waals surface area contributed by atoms with E-state index in [1.54, 1.807) is 13.2 Å². The van der Waals surface area contributed by atoms with Crippen LogP contribution in [-0.4, -0.2) is 48.8 Å². The zero-order valence-corrected chi connectivity index (χ0v) is 19.1. The molecule has 0 aliphatic heterocycles. The fourth-order valence-electron chi connectivity index (χ4n) is 3.17. The second-order valence-electron chi connectivity index (χ2n) is 6.37. The number of hydrogen-bond acceptors (Lipinski definition) is 4. The second kappa shape index (κ2) is 12.5.